The molecule has 1 amide bonds. The number of hydrogen-bond donors (Lipinski definition) is 2. The van der Waals surface area contributed by atoms with Crippen molar-refractivity contribution < 1.29 is 24.2 Å². The molecule has 7 nitrogen and oxygen atoms in total. The molecule has 2 aromatic rings. The molecule has 150 valence electrons. The molecule has 0 aliphatic heterocycles. The summed E-state index contributed by atoms with van der Waals surface area (Å²) in [6.45, 7) is 6.62. The number of amides is 1. The van der Waals surface area contributed by atoms with Crippen molar-refractivity contribution in [3.63, 3.8) is 0 Å². The third kappa shape index (κ3) is 6.35. The Balaban J connectivity index is 2.24. The molecule has 1 atom stereocenters. The van der Waals surface area contributed by atoms with E-state index in [0.717, 1.165) is 5.56 Å². The van der Waals surface area contributed by atoms with E-state index in [9.17, 15) is 14.7 Å². The quantitative estimate of drug-likeness (QED) is 0.710. The van der Waals surface area contributed by atoms with Crippen molar-refractivity contribution in [3.8, 4) is 5.75 Å². The molecule has 1 aromatic heterocycles. The van der Waals surface area contributed by atoms with Gasteiger partial charge in [0, 0.05) is 12.5 Å². The van der Waals surface area contributed by atoms with Gasteiger partial charge in [0.2, 0.25) is 6.10 Å². The van der Waals surface area contributed by atoms with Crippen molar-refractivity contribution >= 4 is 11.9 Å². The highest BCUT2D eigenvalue weighted by Crippen LogP contribution is 2.24. The largest absolute Gasteiger partial charge is 0.487 e. The van der Waals surface area contributed by atoms with Gasteiger partial charge in [0.25, 0.3) is 5.91 Å². The fourth-order valence-electron chi connectivity index (χ4n) is 2.48. The predicted octanol–water partition coefficient (Wildman–Crippen LogP) is 2.67. The summed E-state index contributed by atoms with van der Waals surface area (Å²) in [5.41, 5.74) is 0.939. The molecule has 0 saturated heterocycles. The van der Waals surface area contributed by atoms with E-state index >= 15 is 0 Å². The molecule has 0 fully saturated rings. The summed E-state index contributed by atoms with van der Waals surface area (Å²) in [7, 11) is 0. The summed E-state index contributed by atoms with van der Waals surface area (Å²) >= 11 is 0. The summed E-state index contributed by atoms with van der Waals surface area (Å²) in [4.78, 5) is 28.3. The normalized spacial score (nSPS) is 12.2. The monoisotopic (exact) mass is 386 g/mol. The molecule has 0 aliphatic rings. The fraction of sp³-hybridized carbons (Fsp3) is 0.381. The number of pyridine rings is 1. The molecule has 28 heavy (non-hydrogen) atoms. The van der Waals surface area contributed by atoms with E-state index in [-0.39, 0.29) is 18.0 Å². The highest BCUT2D eigenvalue weighted by atomic mass is 16.5. The number of aliphatic hydroxyl groups is 1. The maximum absolute atomic E-state index is 12.6. The number of rotatable bonds is 7. The van der Waals surface area contributed by atoms with Gasteiger partial charge in [-0.2, -0.15) is 0 Å². The van der Waals surface area contributed by atoms with Gasteiger partial charge in [-0.25, -0.2) is 4.98 Å². The Morgan fingerprint density at radius 3 is 2.39 bits per heavy atom. The zero-order valence-electron chi connectivity index (χ0n) is 16.6. The molecule has 1 heterocycles. The van der Waals surface area contributed by atoms with Gasteiger partial charge in [-0.05, 0) is 38.5 Å². The van der Waals surface area contributed by atoms with Crippen LogP contribution in [0.4, 0.5) is 0 Å². The van der Waals surface area contributed by atoms with E-state index < -0.39 is 23.5 Å². The van der Waals surface area contributed by atoms with Crippen molar-refractivity contribution in [1.29, 1.82) is 0 Å². The average Bonchev–Trinajstić information content (AvgIpc) is 2.63. The van der Waals surface area contributed by atoms with Crippen LogP contribution in [0.5, 0.6) is 5.75 Å². The standard InChI is InChI=1S/C21H26N2O5/c1-14(25)28-19(20(26)23-21(2,3)4)16-10-11-18(17(12-24)22-16)27-13-15-8-6-5-7-9-15/h5-11,19,24H,12-13H2,1-4H3,(H,23,26). The maximum atomic E-state index is 12.6. The highest BCUT2D eigenvalue weighted by molar-refractivity contribution is 5.84. The third-order valence-electron chi connectivity index (χ3n) is 3.63. The van der Waals surface area contributed by atoms with E-state index in [2.05, 4.69) is 10.3 Å². The van der Waals surface area contributed by atoms with Crippen molar-refractivity contribution in [2.75, 3.05) is 0 Å². The van der Waals surface area contributed by atoms with Gasteiger partial charge < -0.3 is 19.9 Å². The number of carbonyl (C=O) groups excluding carboxylic acids is 2. The van der Waals surface area contributed by atoms with Crippen LogP contribution in [0, 0.1) is 0 Å². The molecular formula is C21H26N2O5. The Bertz CT molecular complexity index is 815. The van der Waals surface area contributed by atoms with Crippen LogP contribution >= 0.6 is 0 Å². The van der Waals surface area contributed by atoms with Crippen LogP contribution in [0.2, 0.25) is 0 Å². The zero-order valence-corrected chi connectivity index (χ0v) is 16.6. The van der Waals surface area contributed by atoms with Gasteiger partial charge in [0.15, 0.2) is 0 Å². The number of ether oxygens (including phenoxy) is 2. The second-order valence-electron chi connectivity index (χ2n) is 7.34. The number of carbonyl (C=O) groups is 2. The van der Waals surface area contributed by atoms with Crippen LogP contribution in [0.1, 0.15) is 50.8 Å². The van der Waals surface area contributed by atoms with Crippen LogP contribution in [0.3, 0.4) is 0 Å². The second-order valence-corrected chi connectivity index (χ2v) is 7.34. The Morgan fingerprint density at radius 1 is 1.14 bits per heavy atom. The topological polar surface area (TPSA) is 97.8 Å². The first-order valence-electron chi connectivity index (χ1n) is 8.96. The molecule has 7 heteroatoms. The van der Waals surface area contributed by atoms with Gasteiger partial charge in [-0.3, -0.25) is 9.59 Å². The van der Waals surface area contributed by atoms with E-state index in [0.29, 0.717) is 12.4 Å². The number of esters is 1. The maximum Gasteiger partial charge on any atom is 0.303 e. The number of nitrogens with zero attached hydrogens (tertiary/aromatic N) is 1. The van der Waals surface area contributed by atoms with E-state index in [1.165, 1.54) is 6.92 Å². The van der Waals surface area contributed by atoms with Gasteiger partial charge in [0.05, 0.1) is 12.3 Å². The van der Waals surface area contributed by atoms with E-state index in [1.807, 2.05) is 51.1 Å². The molecule has 0 radical (unpaired) electrons. The number of aromatic nitrogens is 1. The van der Waals surface area contributed by atoms with Crippen LogP contribution in [-0.2, 0) is 27.5 Å². The Hall–Kier alpha value is -2.93. The van der Waals surface area contributed by atoms with Gasteiger partial charge in [-0.1, -0.05) is 30.3 Å². The number of nitrogens with one attached hydrogen (secondary N) is 1. The minimum atomic E-state index is -1.22. The van der Waals surface area contributed by atoms with Crippen LogP contribution < -0.4 is 10.1 Å². The lowest BCUT2D eigenvalue weighted by Crippen LogP contribution is -2.44. The predicted molar refractivity (Wildman–Crippen MR) is 103 cm³/mol. The van der Waals surface area contributed by atoms with E-state index in [1.54, 1.807) is 12.1 Å². The number of aliphatic hydroxyl groups excluding tert-OH is 1. The van der Waals surface area contributed by atoms with Gasteiger partial charge >= 0.3 is 5.97 Å². The third-order valence-corrected chi connectivity index (χ3v) is 3.63. The Kier molecular flexibility index (Phi) is 7.12. The summed E-state index contributed by atoms with van der Waals surface area (Å²) in [5, 5.41) is 12.4. The molecular weight excluding hydrogens is 360 g/mol. The fourth-order valence-corrected chi connectivity index (χ4v) is 2.48. The smallest absolute Gasteiger partial charge is 0.303 e. The summed E-state index contributed by atoms with van der Waals surface area (Å²) in [6, 6.07) is 12.7. The molecule has 0 saturated carbocycles. The lowest BCUT2D eigenvalue weighted by Gasteiger charge is -2.24. The minimum absolute atomic E-state index is 0.216. The molecule has 2 rings (SSSR count). The lowest BCUT2D eigenvalue weighted by molar-refractivity contribution is -0.155. The SMILES string of the molecule is CC(=O)OC(C(=O)NC(C)(C)C)c1ccc(OCc2ccccc2)c(CO)n1. The second kappa shape index (κ2) is 9.32. The zero-order chi connectivity index (χ0) is 20.7. The van der Waals surface area contributed by atoms with Crippen LogP contribution in [-0.4, -0.2) is 27.5 Å². The summed E-state index contributed by atoms with van der Waals surface area (Å²) in [5.74, 6) is -0.698. The molecule has 1 aromatic carbocycles. The highest BCUT2D eigenvalue weighted by Gasteiger charge is 2.29. The lowest BCUT2D eigenvalue weighted by atomic mass is 10.1. The summed E-state index contributed by atoms with van der Waals surface area (Å²) in [6.07, 6.45) is -1.22. The van der Waals surface area contributed by atoms with E-state index in [4.69, 9.17) is 9.47 Å². The van der Waals surface area contributed by atoms with Crippen molar-refractivity contribution in [2.24, 2.45) is 0 Å². The molecule has 2 N–H and O–H groups in total. The minimum Gasteiger partial charge on any atom is -0.487 e. The molecule has 1 unspecified atom stereocenters. The van der Waals surface area contributed by atoms with Crippen molar-refractivity contribution in [3.05, 3.63) is 59.4 Å². The number of hydrogen-bond acceptors (Lipinski definition) is 6. The molecule has 0 aliphatic carbocycles. The average molecular weight is 386 g/mol. The van der Waals surface area contributed by atoms with Crippen LogP contribution in [0.15, 0.2) is 42.5 Å². The van der Waals surface area contributed by atoms with Crippen molar-refractivity contribution in [2.45, 2.75) is 52.6 Å². The Morgan fingerprint density at radius 2 is 1.82 bits per heavy atom. The van der Waals surface area contributed by atoms with Gasteiger partial charge in [0.1, 0.15) is 18.1 Å². The molecule has 0 bridgehead atoms. The van der Waals surface area contributed by atoms with Crippen molar-refractivity contribution in [1.82, 2.24) is 10.3 Å². The first-order valence-corrected chi connectivity index (χ1v) is 8.96. The molecule has 0 spiro atoms. The summed E-state index contributed by atoms with van der Waals surface area (Å²) < 4.78 is 10.9. The van der Waals surface area contributed by atoms with Crippen LogP contribution in [0.25, 0.3) is 0 Å². The first-order chi connectivity index (χ1) is 13.2. The number of benzene rings is 1. The Labute approximate surface area is 164 Å². The van der Waals surface area contributed by atoms with Gasteiger partial charge in [-0.15, -0.1) is 0 Å². The first kappa shape index (κ1) is 21.4.